The van der Waals surface area contributed by atoms with Gasteiger partial charge in [-0.2, -0.15) is 0 Å². The number of aryl methyl sites for hydroxylation is 1. The van der Waals surface area contributed by atoms with Crippen molar-refractivity contribution < 1.29 is 8.83 Å². The Morgan fingerprint density at radius 1 is 0.364 bits per heavy atom. The first kappa shape index (κ1) is 39.2. The van der Waals surface area contributed by atoms with E-state index in [9.17, 15) is 0 Å². The first-order chi connectivity index (χ1) is 32.6. The molecule has 0 saturated heterocycles. The SMILES string of the molecule is Cc1cc2oc3ccccc3c2c(-c2ccc3c(c2)oc2ccccc23)c1-c1ccc(N(c2ccc(-c3ccccc3)cc2)c2ccc(-c3ccccc3)cc2)cc1C(C)c1ccccc1. The zero-order valence-corrected chi connectivity index (χ0v) is 36.8. The number of hydrogen-bond acceptors (Lipinski definition) is 3. The third kappa shape index (κ3) is 6.85. The van der Waals surface area contributed by atoms with Gasteiger partial charge in [-0.25, -0.2) is 0 Å². The van der Waals surface area contributed by atoms with Gasteiger partial charge in [-0.15, -0.1) is 0 Å². The van der Waals surface area contributed by atoms with Crippen molar-refractivity contribution >= 4 is 60.9 Å². The number of nitrogens with zero attached hydrogens (tertiary/aromatic N) is 1. The molecule has 0 radical (unpaired) electrons. The van der Waals surface area contributed by atoms with Crippen LogP contribution in [0.2, 0.25) is 0 Å². The summed E-state index contributed by atoms with van der Waals surface area (Å²) < 4.78 is 13.2. The van der Waals surface area contributed by atoms with Gasteiger partial charge >= 0.3 is 0 Å². The van der Waals surface area contributed by atoms with Crippen molar-refractivity contribution in [2.45, 2.75) is 19.8 Å². The van der Waals surface area contributed by atoms with Gasteiger partial charge in [0, 0.05) is 50.1 Å². The lowest BCUT2D eigenvalue weighted by atomic mass is 9.81. The van der Waals surface area contributed by atoms with Gasteiger partial charge in [-0.05, 0) is 129 Å². The highest BCUT2D eigenvalue weighted by Gasteiger charge is 2.26. The standard InChI is InChI=1S/C63H45NO2/c1-41-38-60-63(55-23-13-15-25-58(55)66-60)62(48-30-36-53-52-22-12-14-24-57(52)65-59(53)39-48)61(41)54-37-35-51(40-56(54)42(2)43-16-6-3-7-17-43)64(49-31-26-46(27-32-49)44-18-8-4-9-19-44)50-33-28-47(29-34-50)45-20-10-5-11-21-45/h3-40,42H,1-2H3. The molecule has 3 nitrogen and oxygen atoms in total. The lowest BCUT2D eigenvalue weighted by Crippen LogP contribution is -2.11. The number of furan rings is 2. The molecule has 0 bridgehead atoms. The van der Waals surface area contributed by atoms with Crippen LogP contribution in [0.1, 0.15) is 29.5 Å². The van der Waals surface area contributed by atoms with Gasteiger partial charge in [0.1, 0.15) is 22.3 Å². The fourth-order valence-electron chi connectivity index (χ4n) is 10.0. The number of benzene rings is 10. The van der Waals surface area contributed by atoms with Crippen LogP contribution in [-0.4, -0.2) is 0 Å². The molecule has 0 spiro atoms. The molecule has 0 aliphatic rings. The van der Waals surface area contributed by atoms with Crippen molar-refractivity contribution in [1.29, 1.82) is 0 Å². The molecule has 314 valence electrons. The molecule has 0 saturated carbocycles. The van der Waals surface area contributed by atoms with Crippen LogP contribution in [0.25, 0.3) is 88.4 Å². The number of para-hydroxylation sites is 2. The Morgan fingerprint density at radius 2 is 0.848 bits per heavy atom. The van der Waals surface area contributed by atoms with Gasteiger partial charge in [0.15, 0.2) is 0 Å². The van der Waals surface area contributed by atoms with E-state index in [1.807, 2.05) is 18.2 Å². The summed E-state index contributed by atoms with van der Waals surface area (Å²) in [6, 6.07) is 82.7. The molecular weight excluding hydrogens is 803 g/mol. The van der Waals surface area contributed by atoms with Crippen LogP contribution in [0.15, 0.2) is 239 Å². The Balaban J connectivity index is 1.10. The van der Waals surface area contributed by atoms with Crippen molar-refractivity contribution in [3.63, 3.8) is 0 Å². The van der Waals surface area contributed by atoms with E-state index in [4.69, 9.17) is 8.83 Å². The van der Waals surface area contributed by atoms with Gasteiger partial charge in [0.05, 0.1) is 0 Å². The van der Waals surface area contributed by atoms with Crippen LogP contribution in [0.3, 0.4) is 0 Å². The maximum Gasteiger partial charge on any atom is 0.136 e. The lowest BCUT2D eigenvalue weighted by Gasteiger charge is -2.29. The molecule has 0 aliphatic carbocycles. The molecule has 0 fully saturated rings. The molecule has 2 heterocycles. The Kier molecular flexibility index (Phi) is 9.69. The van der Waals surface area contributed by atoms with Gasteiger partial charge in [0.25, 0.3) is 0 Å². The van der Waals surface area contributed by atoms with E-state index in [1.165, 1.54) is 44.5 Å². The molecule has 12 rings (SSSR count). The minimum Gasteiger partial charge on any atom is -0.456 e. The van der Waals surface area contributed by atoms with Crippen molar-refractivity contribution in [1.82, 2.24) is 0 Å². The van der Waals surface area contributed by atoms with Crippen LogP contribution in [0.5, 0.6) is 0 Å². The molecule has 1 unspecified atom stereocenters. The average molecular weight is 848 g/mol. The van der Waals surface area contributed by atoms with Crippen molar-refractivity contribution in [2.75, 3.05) is 4.90 Å². The van der Waals surface area contributed by atoms with Crippen LogP contribution < -0.4 is 4.90 Å². The Morgan fingerprint density at radius 3 is 1.48 bits per heavy atom. The Labute approximate surface area is 384 Å². The van der Waals surface area contributed by atoms with Crippen molar-refractivity contribution in [3.05, 3.63) is 247 Å². The summed E-state index contributed by atoms with van der Waals surface area (Å²) in [7, 11) is 0. The second kappa shape index (κ2) is 16.3. The minimum absolute atomic E-state index is 0.0470. The number of rotatable bonds is 9. The topological polar surface area (TPSA) is 29.5 Å². The van der Waals surface area contributed by atoms with Gasteiger partial charge < -0.3 is 13.7 Å². The monoisotopic (exact) mass is 847 g/mol. The first-order valence-corrected chi connectivity index (χ1v) is 22.7. The summed E-state index contributed by atoms with van der Waals surface area (Å²) in [6.45, 7) is 4.57. The summed E-state index contributed by atoms with van der Waals surface area (Å²) in [5, 5.41) is 4.41. The fraction of sp³-hybridized carbons (Fsp3) is 0.0476. The number of fused-ring (bicyclic) bond motifs is 6. The molecule has 12 aromatic rings. The highest BCUT2D eigenvalue weighted by Crippen LogP contribution is 2.49. The zero-order chi connectivity index (χ0) is 44.1. The van der Waals surface area contributed by atoms with Crippen LogP contribution in [-0.2, 0) is 0 Å². The average Bonchev–Trinajstić information content (AvgIpc) is 3.95. The van der Waals surface area contributed by atoms with Crippen molar-refractivity contribution in [3.8, 4) is 44.5 Å². The first-order valence-electron chi connectivity index (χ1n) is 22.7. The maximum absolute atomic E-state index is 6.66. The van der Waals surface area contributed by atoms with Gasteiger partial charge in [-0.1, -0.05) is 171 Å². The minimum atomic E-state index is 0.0470. The third-order valence-electron chi connectivity index (χ3n) is 13.3. The molecule has 66 heavy (non-hydrogen) atoms. The maximum atomic E-state index is 6.66. The fourth-order valence-corrected chi connectivity index (χ4v) is 10.0. The van der Waals surface area contributed by atoms with E-state index in [2.05, 4.69) is 231 Å². The molecule has 0 aliphatic heterocycles. The smallest absolute Gasteiger partial charge is 0.136 e. The van der Waals surface area contributed by atoms with Crippen molar-refractivity contribution in [2.24, 2.45) is 0 Å². The molecule has 3 heteroatoms. The second-order valence-electron chi connectivity index (χ2n) is 17.3. The van der Waals surface area contributed by atoms with E-state index in [0.29, 0.717) is 0 Å². The molecule has 0 amide bonds. The van der Waals surface area contributed by atoms with E-state index in [0.717, 1.165) is 77.6 Å². The largest absolute Gasteiger partial charge is 0.456 e. The predicted octanol–water partition coefficient (Wildman–Crippen LogP) is 18.1. The molecular formula is C63H45NO2. The van der Waals surface area contributed by atoms with E-state index >= 15 is 0 Å². The molecule has 0 N–H and O–H groups in total. The number of anilines is 3. The normalized spacial score (nSPS) is 12.0. The van der Waals surface area contributed by atoms with E-state index in [1.54, 1.807) is 0 Å². The summed E-state index contributed by atoms with van der Waals surface area (Å²) >= 11 is 0. The molecule has 1 atom stereocenters. The van der Waals surface area contributed by atoms with E-state index in [-0.39, 0.29) is 5.92 Å². The summed E-state index contributed by atoms with van der Waals surface area (Å²) in [5.74, 6) is 0.0470. The van der Waals surface area contributed by atoms with Crippen LogP contribution in [0, 0.1) is 6.92 Å². The summed E-state index contributed by atoms with van der Waals surface area (Å²) in [4.78, 5) is 2.39. The van der Waals surface area contributed by atoms with E-state index < -0.39 is 0 Å². The second-order valence-corrected chi connectivity index (χ2v) is 17.3. The summed E-state index contributed by atoms with van der Waals surface area (Å²) in [5.41, 5.74) is 19.7. The highest BCUT2D eigenvalue weighted by atomic mass is 16.3. The molecule has 10 aromatic carbocycles. The molecule has 2 aromatic heterocycles. The Bertz CT molecular complexity index is 3620. The Hall–Kier alpha value is -8.40. The summed E-state index contributed by atoms with van der Waals surface area (Å²) in [6.07, 6.45) is 0. The van der Waals surface area contributed by atoms with Gasteiger partial charge in [-0.3, -0.25) is 0 Å². The quantitative estimate of drug-likeness (QED) is 0.145. The lowest BCUT2D eigenvalue weighted by molar-refractivity contribution is 0.668. The van der Waals surface area contributed by atoms with Crippen LogP contribution in [0.4, 0.5) is 17.1 Å². The highest BCUT2D eigenvalue weighted by molar-refractivity contribution is 6.18. The van der Waals surface area contributed by atoms with Crippen LogP contribution >= 0.6 is 0 Å². The van der Waals surface area contributed by atoms with Gasteiger partial charge in [0.2, 0.25) is 0 Å². The number of hydrogen-bond donors (Lipinski definition) is 0. The predicted molar refractivity (Wildman–Crippen MR) is 276 cm³/mol. The zero-order valence-electron chi connectivity index (χ0n) is 36.8. The third-order valence-corrected chi connectivity index (χ3v) is 13.3.